The second-order valence-corrected chi connectivity index (χ2v) is 11.4. The molecule has 4 rings (SSSR count). The number of carbonyl (C=O) groups is 1. The molecule has 37 heavy (non-hydrogen) atoms. The van der Waals surface area contributed by atoms with Gasteiger partial charge in [0.1, 0.15) is 11.9 Å². The minimum absolute atomic E-state index is 0.0860. The number of sulfonamides is 1. The number of rotatable bonds is 6. The van der Waals surface area contributed by atoms with Crippen molar-refractivity contribution in [3.8, 4) is 11.1 Å². The van der Waals surface area contributed by atoms with Crippen LogP contribution in [0.2, 0.25) is 0 Å². The molecule has 10 heteroatoms. The number of nitrogens with zero attached hydrogens (tertiary/aromatic N) is 1. The molecule has 1 fully saturated rings. The summed E-state index contributed by atoms with van der Waals surface area (Å²) in [6, 6.07) is 15.5. The fraction of sp³-hybridized carbons (Fsp3) is 0.296. The molecule has 1 N–H and O–H groups in total. The molecule has 1 aliphatic rings. The number of amides is 1. The third-order valence-corrected chi connectivity index (χ3v) is 8.41. The van der Waals surface area contributed by atoms with Gasteiger partial charge in [-0.25, -0.2) is 12.8 Å². The number of carbonyl (C=O) groups excluding carboxylic acids is 1. The van der Waals surface area contributed by atoms with Gasteiger partial charge in [0, 0.05) is 6.54 Å². The van der Waals surface area contributed by atoms with Gasteiger partial charge in [0.2, 0.25) is 15.9 Å². The van der Waals surface area contributed by atoms with E-state index in [9.17, 15) is 30.8 Å². The number of benzene rings is 3. The Morgan fingerprint density at radius 2 is 1.57 bits per heavy atom. The average Bonchev–Trinajstić information content (AvgIpc) is 3.35. The molecule has 3 aromatic rings. The highest BCUT2D eigenvalue weighted by atomic mass is 32.2. The van der Waals surface area contributed by atoms with Crippen LogP contribution in [0.5, 0.6) is 0 Å². The van der Waals surface area contributed by atoms with E-state index in [0.29, 0.717) is 29.5 Å². The third kappa shape index (κ3) is 5.70. The lowest BCUT2D eigenvalue weighted by Gasteiger charge is -2.31. The standard InChI is InChI=1S/C27H26F4N2O3S/c1-26(2,21-6-3-5-19(17-21)18-8-10-20(11-9-18)27(29,30)31)32-25(34)24-7-4-16-33(24)37(35,36)23-14-12-22(28)13-15-23/h3,5-6,8-15,17,24H,4,7,16H2,1-2H3,(H,32,34)/t24-/m0/s1. The minimum Gasteiger partial charge on any atom is -0.346 e. The van der Waals surface area contributed by atoms with Crippen molar-refractivity contribution >= 4 is 15.9 Å². The molecule has 0 aromatic heterocycles. The first kappa shape index (κ1) is 26.8. The maximum Gasteiger partial charge on any atom is 0.416 e. The average molecular weight is 535 g/mol. The highest BCUT2D eigenvalue weighted by molar-refractivity contribution is 7.89. The Morgan fingerprint density at radius 3 is 2.19 bits per heavy atom. The number of nitrogens with one attached hydrogen (secondary N) is 1. The highest BCUT2D eigenvalue weighted by Gasteiger charge is 2.41. The van der Waals surface area contributed by atoms with Crippen LogP contribution in [0.25, 0.3) is 11.1 Å². The van der Waals surface area contributed by atoms with E-state index in [-0.39, 0.29) is 11.4 Å². The van der Waals surface area contributed by atoms with Gasteiger partial charge >= 0.3 is 6.18 Å². The van der Waals surface area contributed by atoms with Gasteiger partial charge in [-0.05, 0) is 85.8 Å². The van der Waals surface area contributed by atoms with Crippen LogP contribution < -0.4 is 5.32 Å². The Morgan fingerprint density at radius 1 is 0.919 bits per heavy atom. The van der Waals surface area contributed by atoms with Gasteiger partial charge in [0.25, 0.3) is 0 Å². The summed E-state index contributed by atoms with van der Waals surface area (Å²) in [5, 5.41) is 2.93. The summed E-state index contributed by atoms with van der Waals surface area (Å²) in [5.41, 5.74) is 0.313. The molecule has 0 radical (unpaired) electrons. The number of halogens is 4. The first-order chi connectivity index (χ1) is 17.3. The molecule has 0 aliphatic carbocycles. The Kier molecular flexibility index (Phi) is 7.18. The van der Waals surface area contributed by atoms with Crippen molar-refractivity contribution in [2.24, 2.45) is 0 Å². The first-order valence-corrected chi connectivity index (χ1v) is 13.1. The van der Waals surface area contributed by atoms with Crippen LogP contribution in [0.4, 0.5) is 17.6 Å². The topological polar surface area (TPSA) is 66.5 Å². The summed E-state index contributed by atoms with van der Waals surface area (Å²) >= 11 is 0. The SMILES string of the molecule is CC(C)(NC(=O)[C@@H]1CCCN1S(=O)(=O)c1ccc(F)cc1)c1cccc(-c2ccc(C(F)(F)F)cc2)c1. The molecule has 1 aliphatic heterocycles. The molecule has 1 atom stereocenters. The highest BCUT2D eigenvalue weighted by Crippen LogP contribution is 2.33. The van der Waals surface area contributed by atoms with E-state index in [0.717, 1.165) is 28.6 Å². The molecular weight excluding hydrogens is 508 g/mol. The molecule has 1 heterocycles. The van der Waals surface area contributed by atoms with E-state index in [2.05, 4.69) is 5.32 Å². The summed E-state index contributed by atoms with van der Waals surface area (Å²) < 4.78 is 79.4. The number of hydrogen-bond acceptors (Lipinski definition) is 3. The van der Waals surface area contributed by atoms with E-state index >= 15 is 0 Å². The molecule has 196 valence electrons. The van der Waals surface area contributed by atoms with Crippen molar-refractivity contribution < 1.29 is 30.8 Å². The molecule has 5 nitrogen and oxygen atoms in total. The van der Waals surface area contributed by atoms with Crippen LogP contribution in [-0.2, 0) is 26.5 Å². The normalized spacial score (nSPS) is 17.1. The molecule has 1 saturated heterocycles. The van der Waals surface area contributed by atoms with Gasteiger partial charge in [-0.2, -0.15) is 17.5 Å². The number of hydrogen-bond donors (Lipinski definition) is 1. The lowest BCUT2D eigenvalue weighted by atomic mass is 9.90. The lowest BCUT2D eigenvalue weighted by Crippen LogP contribution is -2.51. The Hall–Kier alpha value is -3.24. The lowest BCUT2D eigenvalue weighted by molar-refractivity contribution is -0.137. The zero-order valence-electron chi connectivity index (χ0n) is 20.2. The minimum atomic E-state index is -4.43. The molecule has 3 aromatic carbocycles. The van der Waals surface area contributed by atoms with Gasteiger partial charge in [-0.3, -0.25) is 4.79 Å². The van der Waals surface area contributed by atoms with Crippen LogP contribution in [0.1, 0.15) is 37.8 Å². The van der Waals surface area contributed by atoms with E-state index in [1.807, 2.05) is 0 Å². The summed E-state index contributed by atoms with van der Waals surface area (Å²) in [6.45, 7) is 3.71. The fourth-order valence-electron chi connectivity index (χ4n) is 4.43. The molecule has 0 bridgehead atoms. The molecule has 0 saturated carbocycles. The summed E-state index contributed by atoms with van der Waals surface area (Å²) in [5.74, 6) is -1.02. The maximum atomic E-state index is 13.3. The van der Waals surface area contributed by atoms with E-state index in [4.69, 9.17) is 0 Å². The Labute approximate surface area is 213 Å². The molecule has 0 spiro atoms. The van der Waals surface area contributed by atoms with E-state index < -0.39 is 45.1 Å². The van der Waals surface area contributed by atoms with Crippen LogP contribution in [0.3, 0.4) is 0 Å². The summed E-state index contributed by atoms with van der Waals surface area (Å²) in [6.07, 6.45) is -3.58. The summed E-state index contributed by atoms with van der Waals surface area (Å²) in [7, 11) is -4.00. The van der Waals surface area contributed by atoms with Gasteiger partial charge in [0.05, 0.1) is 16.0 Å². The van der Waals surface area contributed by atoms with Gasteiger partial charge in [-0.1, -0.05) is 30.3 Å². The van der Waals surface area contributed by atoms with Gasteiger partial charge in [-0.15, -0.1) is 0 Å². The largest absolute Gasteiger partial charge is 0.416 e. The third-order valence-electron chi connectivity index (χ3n) is 6.49. The van der Waals surface area contributed by atoms with Crippen molar-refractivity contribution in [2.45, 2.75) is 49.3 Å². The van der Waals surface area contributed by atoms with Crippen molar-refractivity contribution in [3.63, 3.8) is 0 Å². The van der Waals surface area contributed by atoms with Crippen LogP contribution >= 0.6 is 0 Å². The smallest absolute Gasteiger partial charge is 0.346 e. The second kappa shape index (κ2) is 9.90. The van der Waals surface area contributed by atoms with Crippen molar-refractivity contribution in [2.75, 3.05) is 6.54 Å². The maximum absolute atomic E-state index is 13.3. The quantitative estimate of drug-likeness (QED) is 0.412. The van der Waals surface area contributed by atoms with Crippen LogP contribution in [0.15, 0.2) is 77.7 Å². The zero-order chi connectivity index (χ0) is 27.0. The van der Waals surface area contributed by atoms with Gasteiger partial charge < -0.3 is 5.32 Å². The second-order valence-electron chi connectivity index (χ2n) is 9.50. The van der Waals surface area contributed by atoms with Crippen LogP contribution in [0, 0.1) is 5.82 Å². The van der Waals surface area contributed by atoms with Crippen molar-refractivity contribution in [3.05, 3.63) is 89.7 Å². The Bertz CT molecular complexity index is 1390. The number of alkyl halides is 3. The van der Waals surface area contributed by atoms with Crippen LogP contribution in [-0.4, -0.2) is 31.2 Å². The fourth-order valence-corrected chi connectivity index (χ4v) is 6.09. The molecule has 1 amide bonds. The van der Waals surface area contributed by atoms with Gasteiger partial charge in [0.15, 0.2) is 0 Å². The monoisotopic (exact) mass is 534 g/mol. The summed E-state index contributed by atoms with van der Waals surface area (Å²) in [4.78, 5) is 13.2. The van der Waals surface area contributed by atoms with E-state index in [1.165, 1.54) is 24.3 Å². The predicted molar refractivity (Wildman–Crippen MR) is 131 cm³/mol. The molecule has 0 unspecified atom stereocenters. The van der Waals surface area contributed by atoms with Crippen molar-refractivity contribution in [1.82, 2.24) is 9.62 Å². The van der Waals surface area contributed by atoms with E-state index in [1.54, 1.807) is 38.1 Å². The zero-order valence-corrected chi connectivity index (χ0v) is 21.0. The first-order valence-electron chi connectivity index (χ1n) is 11.7. The molecular formula is C27H26F4N2O3S. The Balaban J connectivity index is 1.54. The van der Waals surface area contributed by atoms with Crippen molar-refractivity contribution in [1.29, 1.82) is 0 Å². The predicted octanol–water partition coefficient (Wildman–Crippen LogP) is 5.72.